The van der Waals surface area contributed by atoms with Crippen LogP contribution in [0.4, 0.5) is 0 Å². The van der Waals surface area contributed by atoms with Gasteiger partial charge in [-0.3, -0.25) is 0 Å². The molecule has 0 bridgehead atoms. The fourth-order valence-electron chi connectivity index (χ4n) is 2.25. The molecule has 0 heterocycles. The first-order chi connectivity index (χ1) is 7.11. The predicted octanol–water partition coefficient (Wildman–Crippen LogP) is 4.31. The summed E-state index contributed by atoms with van der Waals surface area (Å²) in [5, 5.41) is 0. The molecule has 0 unspecified atom stereocenters. The summed E-state index contributed by atoms with van der Waals surface area (Å²) >= 11 is 0. The Labute approximate surface area is 220 Å². The summed E-state index contributed by atoms with van der Waals surface area (Å²) in [7, 11) is 0. The van der Waals surface area contributed by atoms with E-state index in [4.69, 9.17) is 0 Å². The third kappa shape index (κ3) is 9.50. The van der Waals surface area contributed by atoms with Crippen molar-refractivity contribution in [3.8, 4) is 0 Å². The number of aryl methyl sites for hydroxylation is 2. The van der Waals surface area contributed by atoms with Crippen LogP contribution >= 0.6 is 0 Å². The zero-order chi connectivity index (χ0) is 11.4. The van der Waals surface area contributed by atoms with Crippen LogP contribution in [0.15, 0.2) is 0 Å². The molecule has 0 nitrogen and oxygen atoms in total. The third-order valence-corrected chi connectivity index (χ3v) is 3.26. The molecule has 4 radical (unpaired) electrons. The van der Waals surface area contributed by atoms with E-state index >= 15 is 0 Å². The van der Waals surface area contributed by atoms with E-state index in [1.807, 2.05) is 0 Å². The summed E-state index contributed by atoms with van der Waals surface area (Å²) in [6, 6.07) is 3.57. The van der Waals surface area contributed by atoms with E-state index in [-0.39, 0.29) is 131 Å². The van der Waals surface area contributed by atoms with E-state index in [9.17, 15) is 0 Å². The molecule has 0 saturated carbocycles. The van der Waals surface area contributed by atoms with Gasteiger partial charge in [-0.15, -0.1) is 5.56 Å². The van der Waals surface area contributed by atoms with Gasteiger partial charge in [-0.05, 0) is 0 Å². The Kier molecular flexibility index (Phi) is 26.5. The molecule has 19 heavy (non-hydrogen) atoms. The minimum Gasteiger partial charge on any atom is -0.177 e. The molecule has 4 heteroatoms. The summed E-state index contributed by atoms with van der Waals surface area (Å²) < 4.78 is 0. The van der Waals surface area contributed by atoms with Gasteiger partial charge >= 0.3 is 0 Å². The smallest absolute Gasteiger partial charge is 0 e. The van der Waals surface area contributed by atoms with Crippen LogP contribution in [0.3, 0.4) is 0 Å². The van der Waals surface area contributed by atoms with Gasteiger partial charge in [-0.25, -0.2) is 0 Å². The van der Waals surface area contributed by atoms with Gasteiger partial charge in [0, 0.05) is 131 Å². The molecule has 0 spiro atoms. The van der Waals surface area contributed by atoms with Crippen molar-refractivity contribution >= 4 is 0 Å². The number of hydrogen-bond acceptors (Lipinski definition) is 0. The van der Waals surface area contributed by atoms with Crippen molar-refractivity contribution in [1.82, 2.24) is 0 Å². The Morgan fingerprint density at radius 2 is 1.21 bits per heavy atom. The van der Waals surface area contributed by atoms with Gasteiger partial charge in [0.05, 0.1) is 0 Å². The van der Waals surface area contributed by atoms with Crippen LogP contribution in [0.1, 0.15) is 54.5 Å². The molecule has 1 aromatic rings. The number of hydrogen-bond donors (Lipinski definition) is 0. The van der Waals surface area contributed by atoms with E-state index < -0.39 is 0 Å². The normalized spacial score (nSPS) is 8.47. The van der Waals surface area contributed by atoms with Crippen LogP contribution in [0.2, 0.25) is 0 Å². The molecule has 96 valence electrons. The van der Waals surface area contributed by atoms with Gasteiger partial charge in [0.1, 0.15) is 0 Å². The standard InChI is InChI=1S/C15H23.4Y/c1-6-8-14-10-11(3)15(9-7-2)13(5)12(14)4;;;;/h6-9H2,1-5H3;;;;/q-1;;;;. The second-order valence-electron chi connectivity index (χ2n) is 4.46. The average Bonchev–Trinajstić information content (AvgIpc) is 2.21. The average molecular weight is 559 g/mol. The molecular weight excluding hydrogens is 536 g/mol. The molecule has 1 rings (SSSR count). The summed E-state index contributed by atoms with van der Waals surface area (Å²) in [6.07, 6.45) is 4.80. The monoisotopic (exact) mass is 559 g/mol. The number of benzene rings is 1. The van der Waals surface area contributed by atoms with Crippen LogP contribution < -0.4 is 0 Å². The minimum absolute atomic E-state index is 0. The first-order valence-corrected chi connectivity index (χ1v) is 6.12. The maximum Gasteiger partial charge on any atom is 0 e. The van der Waals surface area contributed by atoms with Gasteiger partial charge in [-0.2, -0.15) is 28.3 Å². The van der Waals surface area contributed by atoms with Crippen LogP contribution in [0.25, 0.3) is 0 Å². The quantitative estimate of drug-likeness (QED) is 0.484. The van der Waals surface area contributed by atoms with Gasteiger partial charge < -0.3 is 0 Å². The minimum atomic E-state index is 0. The summed E-state index contributed by atoms with van der Waals surface area (Å²) in [6.45, 7) is 11.2. The SMILES string of the molecule is CCCc1[c-]c(C)c(CCC)c(C)c1C.[Y].[Y].[Y].[Y]. The van der Waals surface area contributed by atoms with Crippen LogP contribution in [0.5, 0.6) is 0 Å². The predicted molar refractivity (Wildman–Crippen MR) is 67.5 cm³/mol. The van der Waals surface area contributed by atoms with Crippen molar-refractivity contribution < 1.29 is 131 Å². The van der Waals surface area contributed by atoms with E-state index in [1.54, 1.807) is 0 Å². The van der Waals surface area contributed by atoms with Crippen molar-refractivity contribution in [2.75, 3.05) is 0 Å². The molecule has 0 aliphatic heterocycles. The summed E-state index contributed by atoms with van der Waals surface area (Å²) in [5.41, 5.74) is 7.27. The Balaban J connectivity index is -0.000000281. The molecule has 0 atom stereocenters. The van der Waals surface area contributed by atoms with Gasteiger partial charge in [0.15, 0.2) is 0 Å². The maximum atomic E-state index is 3.57. The van der Waals surface area contributed by atoms with Crippen molar-refractivity contribution in [1.29, 1.82) is 0 Å². The Hall–Kier alpha value is 3.64. The van der Waals surface area contributed by atoms with Crippen molar-refractivity contribution in [3.63, 3.8) is 0 Å². The molecule has 0 amide bonds. The fourth-order valence-corrected chi connectivity index (χ4v) is 2.25. The van der Waals surface area contributed by atoms with Crippen molar-refractivity contribution in [3.05, 3.63) is 33.9 Å². The number of rotatable bonds is 4. The first kappa shape index (κ1) is 30.5. The molecule has 1 aromatic carbocycles. The van der Waals surface area contributed by atoms with E-state index in [1.165, 1.54) is 53.5 Å². The third-order valence-electron chi connectivity index (χ3n) is 3.26. The Morgan fingerprint density at radius 1 is 0.737 bits per heavy atom. The van der Waals surface area contributed by atoms with Gasteiger partial charge in [0.25, 0.3) is 0 Å². The van der Waals surface area contributed by atoms with E-state index in [0.717, 1.165) is 0 Å². The van der Waals surface area contributed by atoms with Crippen molar-refractivity contribution in [2.24, 2.45) is 0 Å². The van der Waals surface area contributed by atoms with E-state index in [0.29, 0.717) is 0 Å². The molecule has 0 saturated heterocycles. The maximum absolute atomic E-state index is 3.57. The van der Waals surface area contributed by atoms with Crippen LogP contribution in [0, 0.1) is 26.8 Å². The van der Waals surface area contributed by atoms with Gasteiger partial charge in [-0.1, -0.05) is 60.3 Å². The summed E-state index contributed by atoms with van der Waals surface area (Å²) in [4.78, 5) is 0. The molecule has 0 aliphatic carbocycles. The van der Waals surface area contributed by atoms with Crippen LogP contribution in [-0.2, 0) is 144 Å². The van der Waals surface area contributed by atoms with Gasteiger partial charge in [0.2, 0.25) is 0 Å². The molecule has 0 aromatic heterocycles. The molecule has 0 N–H and O–H groups in total. The molecular formula is C15H23Y4-. The first-order valence-electron chi connectivity index (χ1n) is 6.12. The zero-order valence-electron chi connectivity index (χ0n) is 13.1. The van der Waals surface area contributed by atoms with E-state index in [2.05, 4.69) is 40.7 Å². The molecule has 0 aliphatic rings. The zero-order valence-corrected chi connectivity index (χ0v) is 24.5. The van der Waals surface area contributed by atoms with Crippen molar-refractivity contribution in [2.45, 2.75) is 60.3 Å². The fraction of sp³-hybridized carbons (Fsp3) is 0.600. The molecule has 0 fully saturated rings. The summed E-state index contributed by atoms with van der Waals surface area (Å²) in [5.74, 6) is 0. The van der Waals surface area contributed by atoms with Crippen LogP contribution in [-0.4, -0.2) is 0 Å². The topological polar surface area (TPSA) is 0 Å². The second-order valence-corrected chi connectivity index (χ2v) is 4.46. The Morgan fingerprint density at radius 3 is 1.63 bits per heavy atom. The largest absolute Gasteiger partial charge is 0.177 e. The second kappa shape index (κ2) is 16.5. The Bertz CT molecular complexity index is 348.